The minimum atomic E-state index is -2.58. The molecule has 0 unspecified atom stereocenters. The van der Waals surface area contributed by atoms with E-state index < -0.39 is 17.1 Å². The first-order valence-corrected chi connectivity index (χ1v) is 7.35. The van der Waals surface area contributed by atoms with Crippen molar-refractivity contribution in [3.63, 3.8) is 0 Å². The van der Waals surface area contributed by atoms with E-state index in [0.29, 0.717) is 13.9 Å². The first-order valence-electron chi connectivity index (χ1n) is 7.35. The third kappa shape index (κ3) is 3.83. The van der Waals surface area contributed by atoms with Crippen molar-refractivity contribution in [2.75, 3.05) is 0 Å². The number of fused-ring (bicyclic) bond motifs is 1. The normalized spacial score (nSPS) is 18.2. The molecule has 1 aliphatic carbocycles. The van der Waals surface area contributed by atoms with E-state index in [1.807, 2.05) is 26.0 Å². The summed E-state index contributed by atoms with van der Waals surface area (Å²) in [6.07, 6.45) is 0.156. The third-order valence-corrected chi connectivity index (χ3v) is 4.55. The van der Waals surface area contributed by atoms with Crippen LogP contribution in [0.1, 0.15) is 45.2 Å². The van der Waals surface area contributed by atoms with E-state index >= 15 is 0 Å². The maximum Gasteiger partial charge on any atom is 0.309 e. The Morgan fingerprint density at radius 1 is 1.19 bits per heavy atom. The summed E-state index contributed by atoms with van der Waals surface area (Å²) in [7, 11) is 0.362. The van der Waals surface area contributed by atoms with Crippen molar-refractivity contribution in [1.82, 2.24) is 0 Å². The van der Waals surface area contributed by atoms with Gasteiger partial charge >= 0.3 is 7.48 Å². The highest BCUT2D eigenvalue weighted by Gasteiger charge is 2.36. The Bertz CT molecular complexity index is 521. The Morgan fingerprint density at radius 2 is 1.86 bits per heavy atom. The van der Waals surface area contributed by atoms with Gasteiger partial charge in [0.15, 0.2) is 0 Å². The number of aryl methyl sites for hydroxylation is 1. The summed E-state index contributed by atoms with van der Waals surface area (Å²) in [5.41, 5.74) is 1.04. The van der Waals surface area contributed by atoms with E-state index in [9.17, 15) is 13.9 Å². The van der Waals surface area contributed by atoms with Crippen LogP contribution in [-0.2, 0) is 17.5 Å². The molecule has 1 aromatic rings. The highest BCUT2D eigenvalue weighted by molar-refractivity contribution is 6.47. The molecule has 1 N–H and O–H groups in total. The van der Waals surface area contributed by atoms with Gasteiger partial charge < -0.3 is 9.76 Å². The average Bonchev–Trinajstić information content (AvgIpc) is 2.34. The smallest absolute Gasteiger partial charge is 0.309 e. The van der Waals surface area contributed by atoms with E-state index in [1.54, 1.807) is 19.9 Å². The highest BCUT2D eigenvalue weighted by atomic mass is 19.3. The number of hydrogen-bond donors (Lipinski definition) is 1. The Labute approximate surface area is 125 Å². The van der Waals surface area contributed by atoms with Crippen LogP contribution in [0.15, 0.2) is 18.2 Å². The van der Waals surface area contributed by atoms with Gasteiger partial charge in [0.25, 0.3) is 5.92 Å². The zero-order valence-corrected chi connectivity index (χ0v) is 13.2. The molecule has 0 fully saturated rings. The number of hydrogen-bond acceptors (Lipinski definition) is 2. The molecule has 0 aromatic heterocycles. The zero-order valence-electron chi connectivity index (χ0n) is 13.2. The molecule has 0 saturated heterocycles. The lowest BCUT2D eigenvalue weighted by atomic mass is 9.79. The van der Waals surface area contributed by atoms with Crippen molar-refractivity contribution in [1.29, 1.82) is 0 Å². The molecule has 0 amide bonds. The van der Waals surface area contributed by atoms with Crippen LogP contribution < -0.4 is 5.46 Å². The Hall–Kier alpha value is -0.935. The van der Waals surface area contributed by atoms with Crippen LogP contribution in [0, 0.1) is 0 Å². The largest absolute Gasteiger partial charge is 0.427 e. The van der Waals surface area contributed by atoms with Crippen molar-refractivity contribution in [3.8, 4) is 0 Å². The lowest BCUT2D eigenvalue weighted by Crippen LogP contribution is -2.49. The van der Waals surface area contributed by atoms with E-state index in [1.165, 1.54) is 0 Å². The van der Waals surface area contributed by atoms with Gasteiger partial charge in [-0.25, -0.2) is 8.78 Å². The minimum Gasteiger partial charge on any atom is -0.427 e. The molecule has 0 aliphatic heterocycles. The Morgan fingerprint density at radius 3 is 2.48 bits per heavy atom. The Balaban J connectivity index is 2.07. The molecule has 0 bridgehead atoms. The maximum atomic E-state index is 13.4. The van der Waals surface area contributed by atoms with Crippen molar-refractivity contribution in [2.45, 2.75) is 64.1 Å². The predicted octanol–water partition coefficient (Wildman–Crippen LogP) is 2.35. The highest BCUT2D eigenvalue weighted by Crippen LogP contribution is 2.32. The fourth-order valence-electron chi connectivity index (χ4n) is 2.30. The van der Waals surface area contributed by atoms with Gasteiger partial charge in [-0.1, -0.05) is 23.7 Å². The van der Waals surface area contributed by atoms with Gasteiger partial charge in [0.2, 0.25) is 0 Å². The number of halogens is 2. The van der Waals surface area contributed by atoms with Crippen molar-refractivity contribution >= 4 is 12.9 Å². The summed E-state index contributed by atoms with van der Waals surface area (Å²) in [4.78, 5) is 0. The van der Waals surface area contributed by atoms with E-state index in [4.69, 9.17) is 4.65 Å². The number of benzene rings is 1. The fraction of sp³-hybridized carbons (Fsp3) is 0.625. The molecule has 0 atom stereocenters. The van der Waals surface area contributed by atoms with E-state index in [-0.39, 0.29) is 12.8 Å². The van der Waals surface area contributed by atoms with Crippen LogP contribution in [0.25, 0.3) is 0 Å². The number of rotatable bonds is 4. The molecule has 2 nitrogen and oxygen atoms in total. The molecule has 0 spiro atoms. The van der Waals surface area contributed by atoms with Gasteiger partial charge in [-0.2, -0.15) is 0 Å². The average molecular weight is 296 g/mol. The monoisotopic (exact) mass is 296 g/mol. The van der Waals surface area contributed by atoms with Crippen molar-refractivity contribution in [2.24, 2.45) is 0 Å². The molecule has 1 aromatic carbocycles. The first kappa shape index (κ1) is 16.4. The van der Waals surface area contributed by atoms with Crippen LogP contribution in [0.5, 0.6) is 0 Å². The van der Waals surface area contributed by atoms with E-state index in [0.717, 1.165) is 16.6 Å². The van der Waals surface area contributed by atoms with Gasteiger partial charge in [-0.3, -0.25) is 0 Å². The van der Waals surface area contributed by atoms with Crippen LogP contribution >= 0.6 is 0 Å². The topological polar surface area (TPSA) is 29.5 Å². The van der Waals surface area contributed by atoms with Crippen LogP contribution in [-0.4, -0.2) is 29.7 Å². The van der Waals surface area contributed by atoms with Crippen molar-refractivity contribution in [3.05, 3.63) is 29.3 Å². The SMILES string of the molecule is CC(C)(O)C(C)(C)OBc1ccc2c(c1)CCC(F)(F)C2. The first-order chi connectivity index (χ1) is 9.50. The summed E-state index contributed by atoms with van der Waals surface area (Å²) in [6.45, 7) is 7.10. The number of aliphatic hydroxyl groups is 1. The molecule has 0 radical (unpaired) electrons. The molecule has 5 heteroatoms. The van der Waals surface area contributed by atoms with Gasteiger partial charge in [0.05, 0.1) is 11.2 Å². The summed E-state index contributed by atoms with van der Waals surface area (Å²) >= 11 is 0. The molecule has 21 heavy (non-hydrogen) atoms. The quantitative estimate of drug-likeness (QED) is 0.864. The van der Waals surface area contributed by atoms with Crippen LogP contribution in [0.2, 0.25) is 0 Å². The fourth-order valence-corrected chi connectivity index (χ4v) is 2.30. The summed E-state index contributed by atoms with van der Waals surface area (Å²) in [6, 6.07) is 5.56. The second kappa shape index (κ2) is 5.36. The second-order valence-corrected chi connectivity index (χ2v) is 6.99. The molecular formula is C16H23BF2O2. The Kier molecular flexibility index (Phi) is 4.20. The lowest BCUT2D eigenvalue weighted by molar-refractivity contribution is -0.0893. The standard InChI is InChI=1S/C16H23BF2O2/c1-14(2,20)15(3,4)21-17-13-6-5-12-10-16(18,19)8-7-11(12)9-13/h5-6,9,17,20H,7-8,10H2,1-4H3. The predicted molar refractivity (Wildman–Crippen MR) is 81.7 cm³/mol. The minimum absolute atomic E-state index is 0.0839. The van der Waals surface area contributed by atoms with Crippen LogP contribution in [0.3, 0.4) is 0 Å². The molecule has 2 rings (SSSR count). The molecule has 0 saturated carbocycles. The molecule has 0 heterocycles. The molecule has 1 aliphatic rings. The van der Waals surface area contributed by atoms with Crippen LogP contribution in [0.4, 0.5) is 8.78 Å². The second-order valence-electron chi connectivity index (χ2n) is 6.99. The summed E-state index contributed by atoms with van der Waals surface area (Å²) in [5, 5.41) is 10.1. The third-order valence-electron chi connectivity index (χ3n) is 4.55. The molecule has 116 valence electrons. The lowest BCUT2D eigenvalue weighted by Gasteiger charge is -2.37. The van der Waals surface area contributed by atoms with Gasteiger partial charge in [-0.15, -0.1) is 0 Å². The zero-order chi connectivity index (χ0) is 15.9. The summed E-state index contributed by atoms with van der Waals surface area (Å²) < 4.78 is 32.5. The maximum absolute atomic E-state index is 13.4. The van der Waals surface area contributed by atoms with Gasteiger partial charge in [0, 0.05) is 12.8 Å². The van der Waals surface area contributed by atoms with E-state index in [2.05, 4.69) is 0 Å². The van der Waals surface area contributed by atoms with Gasteiger partial charge in [0.1, 0.15) is 0 Å². The van der Waals surface area contributed by atoms with Crippen molar-refractivity contribution < 1.29 is 18.5 Å². The number of alkyl halides is 2. The molecular weight excluding hydrogens is 273 g/mol. The summed E-state index contributed by atoms with van der Waals surface area (Å²) in [5.74, 6) is -2.58. The van der Waals surface area contributed by atoms with Gasteiger partial charge in [-0.05, 0) is 45.2 Å².